The molecule has 0 aliphatic carbocycles. The predicted molar refractivity (Wildman–Crippen MR) is 81.4 cm³/mol. The minimum absolute atomic E-state index is 0.638. The van der Waals surface area contributed by atoms with Crippen molar-refractivity contribution in [3.63, 3.8) is 0 Å². The largest absolute Gasteiger partial charge is 0.0648 e. The highest BCUT2D eigenvalue weighted by Crippen LogP contribution is 2.32. The Hall–Kier alpha value is -1.30. The van der Waals surface area contributed by atoms with Gasteiger partial charge in [-0.3, -0.25) is 0 Å². The molecule has 2 rings (SSSR count). The van der Waals surface area contributed by atoms with Crippen LogP contribution in [-0.2, 0) is 0 Å². The van der Waals surface area contributed by atoms with Crippen molar-refractivity contribution < 1.29 is 0 Å². The van der Waals surface area contributed by atoms with Gasteiger partial charge in [-0.2, -0.15) is 0 Å². The third-order valence-corrected chi connectivity index (χ3v) is 4.24. The predicted octanol–water partition coefficient (Wildman–Crippen LogP) is 5.87. The third-order valence-electron chi connectivity index (χ3n) is 4.24. The van der Waals surface area contributed by atoms with E-state index < -0.39 is 0 Å². The van der Waals surface area contributed by atoms with Crippen LogP contribution in [0.3, 0.4) is 0 Å². The summed E-state index contributed by atoms with van der Waals surface area (Å²) in [5.74, 6) is 1.29. The van der Waals surface area contributed by atoms with Crippen molar-refractivity contribution in [1.82, 2.24) is 0 Å². The van der Waals surface area contributed by atoms with Crippen molar-refractivity contribution in [3.8, 4) is 0 Å². The Morgan fingerprint density at radius 2 is 1.56 bits per heavy atom. The average Bonchev–Trinajstić information content (AvgIpc) is 2.44. The molecule has 2 aromatic carbocycles. The molecule has 2 aromatic rings. The maximum absolute atomic E-state index is 2.44. The molecule has 0 fully saturated rings. The van der Waals surface area contributed by atoms with E-state index in [1.165, 1.54) is 34.7 Å². The van der Waals surface area contributed by atoms with Crippen LogP contribution in [0.5, 0.6) is 0 Å². The summed E-state index contributed by atoms with van der Waals surface area (Å²) in [5, 5.41) is 2.82. The summed E-state index contributed by atoms with van der Waals surface area (Å²) in [5.41, 5.74) is 3.01. The van der Waals surface area contributed by atoms with Gasteiger partial charge in [0.25, 0.3) is 0 Å². The third kappa shape index (κ3) is 2.43. The average molecular weight is 240 g/mol. The fourth-order valence-corrected chi connectivity index (χ4v) is 2.51. The summed E-state index contributed by atoms with van der Waals surface area (Å²) >= 11 is 0. The van der Waals surface area contributed by atoms with Gasteiger partial charge in [0.1, 0.15) is 0 Å². The van der Waals surface area contributed by atoms with Crippen molar-refractivity contribution >= 4 is 10.8 Å². The van der Waals surface area contributed by atoms with E-state index in [1.807, 2.05) is 0 Å². The molecule has 0 saturated heterocycles. The fourth-order valence-electron chi connectivity index (χ4n) is 2.51. The monoisotopic (exact) mass is 240 g/mol. The van der Waals surface area contributed by atoms with Crippen LogP contribution >= 0.6 is 0 Å². The molecule has 2 unspecified atom stereocenters. The standard InChI is InChI=1S/C18H24/c1-5-13(3)16-11-15-9-7-8-10-17(15)18(12-16)14(4)6-2/h7-14H,5-6H2,1-4H3. The number of benzene rings is 2. The van der Waals surface area contributed by atoms with Crippen LogP contribution in [0.1, 0.15) is 63.5 Å². The molecule has 0 bridgehead atoms. The van der Waals surface area contributed by atoms with Crippen molar-refractivity contribution in [3.05, 3.63) is 47.5 Å². The number of hydrogen-bond donors (Lipinski definition) is 0. The molecule has 0 aromatic heterocycles. The molecule has 0 amide bonds. The van der Waals surface area contributed by atoms with Crippen LogP contribution in [0.15, 0.2) is 36.4 Å². The highest BCUT2D eigenvalue weighted by Gasteiger charge is 2.12. The minimum Gasteiger partial charge on any atom is -0.0648 e. The van der Waals surface area contributed by atoms with Crippen LogP contribution in [0.25, 0.3) is 10.8 Å². The molecule has 0 N–H and O–H groups in total. The Kier molecular flexibility index (Phi) is 4.06. The smallest absolute Gasteiger partial charge is 0.0149 e. The zero-order valence-electron chi connectivity index (χ0n) is 12.0. The molecule has 0 nitrogen and oxygen atoms in total. The normalized spacial score (nSPS) is 14.7. The van der Waals surface area contributed by atoms with Gasteiger partial charge in [0.15, 0.2) is 0 Å². The SMILES string of the molecule is CCC(C)c1cc(C(C)CC)c2ccccc2c1. The summed E-state index contributed by atoms with van der Waals surface area (Å²) in [4.78, 5) is 0. The maximum atomic E-state index is 2.44. The number of hydrogen-bond acceptors (Lipinski definition) is 0. The van der Waals surface area contributed by atoms with Gasteiger partial charge in [-0.1, -0.05) is 64.1 Å². The second kappa shape index (κ2) is 5.56. The highest BCUT2D eigenvalue weighted by atomic mass is 14.2. The van der Waals surface area contributed by atoms with Crippen LogP contribution in [0.2, 0.25) is 0 Å². The lowest BCUT2D eigenvalue weighted by atomic mass is 9.87. The van der Waals surface area contributed by atoms with Crippen molar-refractivity contribution in [2.24, 2.45) is 0 Å². The maximum Gasteiger partial charge on any atom is -0.0149 e. The van der Waals surface area contributed by atoms with Gasteiger partial charge < -0.3 is 0 Å². The van der Waals surface area contributed by atoms with E-state index in [0.29, 0.717) is 11.8 Å². The molecule has 0 saturated carbocycles. The Morgan fingerprint density at radius 3 is 2.22 bits per heavy atom. The molecule has 96 valence electrons. The van der Waals surface area contributed by atoms with Crippen molar-refractivity contribution in [2.75, 3.05) is 0 Å². The molecule has 0 heteroatoms. The summed E-state index contributed by atoms with van der Waals surface area (Å²) in [6.07, 6.45) is 2.41. The zero-order chi connectivity index (χ0) is 13.1. The van der Waals surface area contributed by atoms with Gasteiger partial charge in [0, 0.05) is 0 Å². The van der Waals surface area contributed by atoms with Gasteiger partial charge >= 0.3 is 0 Å². The van der Waals surface area contributed by atoms with Crippen LogP contribution in [-0.4, -0.2) is 0 Å². The topological polar surface area (TPSA) is 0 Å². The first-order valence-electron chi connectivity index (χ1n) is 7.19. The van der Waals surface area contributed by atoms with E-state index in [9.17, 15) is 0 Å². The Balaban J connectivity index is 2.64. The molecular formula is C18H24. The first kappa shape index (κ1) is 13.1. The molecule has 2 atom stereocenters. The molecular weight excluding hydrogens is 216 g/mol. The first-order valence-corrected chi connectivity index (χ1v) is 7.19. The molecule has 18 heavy (non-hydrogen) atoms. The Morgan fingerprint density at radius 1 is 0.889 bits per heavy atom. The lowest BCUT2D eigenvalue weighted by molar-refractivity contribution is 0.716. The lowest BCUT2D eigenvalue weighted by Crippen LogP contribution is -1.98. The zero-order valence-corrected chi connectivity index (χ0v) is 12.0. The van der Waals surface area contributed by atoms with Gasteiger partial charge in [-0.25, -0.2) is 0 Å². The quantitative estimate of drug-likeness (QED) is 0.627. The van der Waals surface area contributed by atoms with Crippen LogP contribution in [0.4, 0.5) is 0 Å². The molecule has 0 aliphatic heterocycles. The van der Waals surface area contributed by atoms with E-state index in [4.69, 9.17) is 0 Å². The van der Waals surface area contributed by atoms with E-state index in [-0.39, 0.29) is 0 Å². The van der Waals surface area contributed by atoms with Crippen LogP contribution < -0.4 is 0 Å². The number of fused-ring (bicyclic) bond motifs is 1. The summed E-state index contributed by atoms with van der Waals surface area (Å²) in [6.45, 7) is 9.20. The number of rotatable bonds is 4. The van der Waals surface area contributed by atoms with Crippen LogP contribution in [0, 0.1) is 0 Å². The van der Waals surface area contributed by atoms with Gasteiger partial charge in [0.2, 0.25) is 0 Å². The van der Waals surface area contributed by atoms with Gasteiger partial charge in [0.05, 0.1) is 0 Å². The van der Waals surface area contributed by atoms with Gasteiger partial charge in [-0.15, -0.1) is 0 Å². The minimum atomic E-state index is 0.638. The fraction of sp³-hybridized carbons (Fsp3) is 0.444. The molecule has 0 heterocycles. The van der Waals surface area contributed by atoms with Gasteiger partial charge in [-0.05, 0) is 46.6 Å². The van der Waals surface area contributed by atoms with E-state index >= 15 is 0 Å². The van der Waals surface area contributed by atoms with Crippen molar-refractivity contribution in [2.45, 2.75) is 52.4 Å². The lowest BCUT2D eigenvalue weighted by Gasteiger charge is -2.17. The Labute approximate surface area is 111 Å². The summed E-state index contributed by atoms with van der Waals surface area (Å²) < 4.78 is 0. The highest BCUT2D eigenvalue weighted by molar-refractivity contribution is 5.87. The first-order chi connectivity index (χ1) is 8.67. The van der Waals surface area contributed by atoms with E-state index in [1.54, 1.807) is 0 Å². The van der Waals surface area contributed by atoms with Crippen molar-refractivity contribution in [1.29, 1.82) is 0 Å². The Bertz CT molecular complexity index is 525. The second-order valence-corrected chi connectivity index (χ2v) is 5.45. The van der Waals surface area contributed by atoms with E-state index in [2.05, 4.69) is 64.1 Å². The summed E-state index contributed by atoms with van der Waals surface area (Å²) in [7, 11) is 0. The van der Waals surface area contributed by atoms with E-state index in [0.717, 1.165) is 0 Å². The molecule has 0 spiro atoms. The molecule has 0 aliphatic rings. The second-order valence-electron chi connectivity index (χ2n) is 5.45. The molecule has 0 radical (unpaired) electrons. The summed E-state index contributed by atoms with van der Waals surface area (Å²) in [6, 6.07) is 13.6.